The van der Waals surface area contributed by atoms with Crippen molar-refractivity contribution < 1.29 is 18.3 Å². The van der Waals surface area contributed by atoms with Gasteiger partial charge in [-0.05, 0) is 31.2 Å². The minimum absolute atomic E-state index is 0.163. The van der Waals surface area contributed by atoms with Crippen molar-refractivity contribution in [1.82, 2.24) is 4.31 Å². The molecule has 0 spiro atoms. The molecule has 0 aliphatic carbocycles. The summed E-state index contributed by atoms with van der Waals surface area (Å²) in [6.45, 7) is 3.33. The highest BCUT2D eigenvalue weighted by Crippen LogP contribution is 2.27. The maximum Gasteiger partial charge on any atom is 0.244 e. The second-order valence-electron chi connectivity index (χ2n) is 4.42. The Kier molecular flexibility index (Phi) is 4.97. The van der Waals surface area contributed by atoms with Gasteiger partial charge in [0, 0.05) is 24.6 Å². The van der Waals surface area contributed by atoms with Gasteiger partial charge in [0.2, 0.25) is 10.0 Å². The summed E-state index contributed by atoms with van der Waals surface area (Å²) >= 11 is 1.27. The van der Waals surface area contributed by atoms with Crippen molar-refractivity contribution in [2.75, 3.05) is 19.7 Å². The Morgan fingerprint density at radius 3 is 2.74 bits per heavy atom. The monoisotopic (exact) mass is 305 g/mol. The van der Waals surface area contributed by atoms with E-state index >= 15 is 0 Å². The van der Waals surface area contributed by atoms with Crippen molar-refractivity contribution in [3.8, 4) is 0 Å². The lowest BCUT2D eigenvalue weighted by atomic mass is 10.1. The molecule has 0 radical (unpaired) electrons. The van der Waals surface area contributed by atoms with Crippen molar-refractivity contribution in [3.05, 3.63) is 16.3 Å². The molecule has 2 rings (SSSR count). The van der Waals surface area contributed by atoms with Gasteiger partial charge in [0.15, 0.2) is 0 Å². The number of aliphatic hydroxyl groups excluding tert-OH is 1. The zero-order valence-electron chi connectivity index (χ0n) is 10.9. The summed E-state index contributed by atoms with van der Waals surface area (Å²) < 4.78 is 32.0. The molecule has 0 bridgehead atoms. The van der Waals surface area contributed by atoms with E-state index in [0.717, 1.165) is 12.8 Å². The van der Waals surface area contributed by atoms with E-state index < -0.39 is 10.0 Å². The number of aliphatic hydroxyl groups is 1. The fourth-order valence-corrected chi connectivity index (χ4v) is 5.02. The number of nitrogens with zero attached hydrogens (tertiary/aromatic N) is 1. The Hall–Kier alpha value is -0.470. The molecular weight excluding hydrogens is 286 g/mol. The van der Waals surface area contributed by atoms with Crippen LogP contribution in [0.2, 0.25) is 0 Å². The third-order valence-corrected chi connectivity index (χ3v) is 6.29. The highest BCUT2D eigenvalue weighted by atomic mass is 32.2. The SMILES string of the molecule is CCOC1CCN(S(=O)(=O)c2ccsc2CO)CC1. The lowest BCUT2D eigenvalue weighted by Crippen LogP contribution is -2.40. The largest absolute Gasteiger partial charge is 0.391 e. The maximum atomic E-state index is 12.5. The molecule has 1 aliphatic heterocycles. The van der Waals surface area contributed by atoms with Crippen molar-refractivity contribution in [2.45, 2.75) is 37.4 Å². The highest BCUT2D eigenvalue weighted by molar-refractivity contribution is 7.89. The molecule has 0 saturated carbocycles. The third kappa shape index (κ3) is 3.17. The topological polar surface area (TPSA) is 66.8 Å². The van der Waals surface area contributed by atoms with Crippen LogP contribution in [-0.4, -0.2) is 43.6 Å². The first kappa shape index (κ1) is 14.9. The van der Waals surface area contributed by atoms with Crippen molar-refractivity contribution in [2.24, 2.45) is 0 Å². The molecule has 108 valence electrons. The van der Waals surface area contributed by atoms with E-state index in [4.69, 9.17) is 4.74 Å². The third-order valence-electron chi connectivity index (χ3n) is 3.27. The van der Waals surface area contributed by atoms with Gasteiger partial charge in [-0.3, -0.25) is 0 Å². The number of thiophene rings is 1. The van der Waals surface area contributed by atoms with E-state index in [1.54, 1.807) is 11.4 Å². The zero-order valence-corrected chi connectivity index (χ0v) is 12.5. The van der Waals surface area contributed by atoms with E-state index in [0.29, 0.717) is 24.6 Å². The first-order valence-corrected chi connectivity index (χ1v) is 8.70. The Morgan fingerprint density at radius 2 is 2.16 bits per heavy atom. The number of ether oxygens (including phenoxy) is 1. The average Bonchev–Trinajstić information content (AvgIpc) is 2.89. The number of hydrogen-bond donors (Lipinski definition) is 1. The normalized spacial score (nSPS) is 18.8. The summed E-state index contributed by atoms with van der Waals surface area (Å²) in [6.07, 6.45) is 1.62. The average molecular weight is 305 g/mol. The van der Waals surface area contributed by atoms with Crippen LogP contribution in [0.4, 0.5) is 0 Å². The Balaban J connectivity index is 2.10. The number of hydrogen-bond acceptors (Lipinski definition) is 5. The standard InChI is InChI=1S/C12H19NO4S2/c1-2-17-10-3-6-13(7-4-10)19(15,16)12-5-8-18-11(12)9-14/h5,8,10,14H,2-4,6-7,9H2,1H3. The minimum atomic E-state index is -3.47. The van der Waals surface area contributed by atoms with E-state index in [1.165, 1.54) is 15.6 Å². The summed E-state index contributed by atoms with van der Waals surface area (Å²) in [6, 6.07) is 1.57. The van der Waals surface area contributed by atoms with Gasteiger partial charge < -0.3 is 9.84 Å². The van der Waals surface area contributed by atoms with Crippen LogP contribution < -0.4 is 0 Å². The molecule has 1 fully saturated rings. The smallest absolute Gasteiger partial charge is 0.244 e. The van der Waals surface area contributed by atoms with Crippen LogP contribution >= 0.6 is 11.3 Å². The molecule has 0 atom stereocenters. The van der Waals surface area contributed by atoms with E-state index in [9.17, 15) is 13.5 Å². The molecule has 19 heavy (non-hydrogen) atoms. The number of sulfonamides is 1. The van der Waals surface area contributed by atoms with Gasteiger partial charge in [-0.25, -0.2) is 8.42 Å². The van der Waals surface area contributed by atoms with Gasteiger partial charge in [0.05, 0.1) is 17.6 Å². The zero-order chi connectivity index (χ0) is 13.9. The fourth-order valence-electron chi connectivity index (χ4n) is 2.29. The molecule has 0 amide bonds. The van der Waals surface area contributed by atoms with E-state index in [1.807, 2.05) is 6.92 Å². The summed E-state index contributed by atoms with van der Waals surface area (Å²) in [5.41, 5.74) is 0. The number of rotatable bonds is 5. The van der Waals surface area contributed by atoms with Gasteiger partial charge in [-0.1, -0.05) is 0 Å². The Labute approximate surface area is 117 Å². The van der Waals surface area contributed by atoms with Gasteiger partial charge in [0.1, 0.15) is 0 Å². The maximum absolute atomic E-state index is 12.5. The van der Waals surface area contributed by atoms with Crippen LogP contribution in [0.15, 0.2) is 16.3 Å². The predicted molar refractivity (Wildman–Crippen MR) is 73.6 cm³/mol. The molecule has 0 unspecified atom stereocenters. The van der Waals surface area contributed by atoms with Crippen LogP contribution in [0.5, 0.6) is 0 Å². The second kappa shape index (κ2) is 6.32. The molecule has 1 aromatic rings. The van der Waals surface area contributed by atoms with Crippen LogP contribution in [0.25, 0.3) is 0 Å². The molecule has 1 saturated heterocycles. The molecular formula is C12H19NO4S2. The van der Waals surface area contributed by atoms with E-state index in [-0.39, 0.29) is 17.6 Å². The van der Waals surface area contributed by atoms with Crippen molar-refractivity contribution in [1.29, 1.82) is 0 Å². The van der Waals surface area contributed by atoms with E-state index in [2.05, 4.69) is 0 Å². The fraction of sp³-hybridized carbons (Fsp3) is 0.667. The van der Waals surface area contributed by atoms with Crippen LogP contribution in [-0.2, 0) is 21.4 Å². The quantitative estimate of drug-likeness (QED) is 0.893. The summed E-state index contributed by atoms with van der Waals surface area (Å²) in [4.78, 5) is 0.752. The molecule has 0 aromatic carbocycles. The lowest BCUT2D eigenvalue weighted by molar-refractivity contribution is 0.0290. The Bertz CT molecular complexity index is 504. The predicted octanol–water partition coefficient (Wildman–Crippen LogP) is 1.43. The van der Waals surface area contributed by atoms with Crippen molar-refractivity contribution in [3.63, 3.8) is 0 Å². The molecule has 1 N–H and O–H groups in total. The van der Waals surface area contributed by atoms with Gasteiger partial charge in [-0.2, -0.15) is 4.31 Å². The summed E-state index contributed by atoms with van der Waals surface area (Å²) in [7, 11) is -3.47. The molecule has 2 heterocycles. The molecule has 1 aliphatic rings. The van der Waals surface area contributed by atoms with Crippen LogP contribution in [0.1, 0.15) is 24.6 Å². The van der Waals surface area contributed by atoms with Crippen molar-refractivity contribution >= 4 is 21.4 Å². The minimum Gasteiger partial charge on any atom is -0.391 e. The molecule has 5 nitrogen and oxygen atoms in total. The highest BCUT2D eigenvalue weighted by Gasteiger charge is 2.31. The lowest BCUT2D eigenvalue weighted by Gasteiger charge is -2.30. The Morgan fingerprint density at radius 1 is 1.47 bits per heavy atom. The van der Waals surface area contributed by atoms with Gasteiger partial charge in [0.25, 0.3) is 0 Å². The summed E-state index contributed by atoms with van der Waals surface area (Å²) in [5.74, 6) is 0. The van der Waals surface area contributed by atoms with Gasteiger partial charge in [-0.15, -0.1) is 11.3 Å². The summed E-state index contributed by atoms with van der Waals surface area (Å²) in [5, 5.41) is 10.9. The van der Waals surface area contributed by atoms with Gasteiger partial charge >= 0.3 is 0 Å². The van der Waals surface area contributed by atoms with Crippen LogP contribution in [0.3, 0.4) is 0 Å². The molecule has 7 heteroatoms. The van der Waals surface area contributed by atoms with Crippen LogP contribution in [0, 0.1) is 0 Å². The first-order chi connectivity index (χ1) is 9.09. The second-order valence-corrected chi connectivity index (χ2v) is 7.33. The molecule has 1 aromatic heterocycles. The number of piperidine rings is 1. The first-order valence-electron chi connectivity index (χ1n) is 6.38.